The van der Waals surface area contributed by atoms with E-state index in [0.29, 0.717) is 17.0 Å². The lowest BCUT2D eigenvalue weighted by Gasteiger charge is -2.15. The summed E-state index contributed by atoms with van der Waals surface area (Å²) >= 11 is 0. The lowest BCUT2D eigenvalue weighted by atomic mass is 10.2. The Morgan fingerprint density at radius 3 is 2.82 bits per heavy atom. The quantitative estimate of drug-likeness (QED) is 0.850. The van der Waals surface area contributed by atoms with Gasteiger partial charge in [0.2, 0.25) is 0 Å². The van der Waals surface area contributed by atoms with Gasteiger partial charge in [-0.05, 0) is 43.3 Å². The highest BCUT2D eigenvalue weighted by Gasteiger charge is 2.15. The zero-order valence-electron chi connectivity index (χ0n) is 11.8. The van der Waals surface area contributed by atoms with Crippen LogP contribution in [-0.4, -0.2) is 12.0 Å². The summed E-state index contributed by atoms with van der Waals surface area (Å²) in [4.78, 5) is 12.0. The van der Waals surface area contributed by atoms with E-state index in [1.807, 2.05) is 6.07 Å². The summed E-state index contributed by atoms with van der Waals surface area (Å²) in [6.07, 6.45) is -0.791. The van der Waals surface area contributed by atoms with Crippen LogP contribution in [0.25, 0.3) is 0 Å². The molecule has 5 nitrogen and oxygen atoms in total. The number of nitriles is 1. The van der Waals surface area contributed by atoms with Crippen LogP contribution in [0.5, 0.6) is 5.75 Å². The zero-order valence-corrected chi connectivity index (χ0v) is 11.8. The van der Waals surface area contributed by atoms with Crippen LogP contribution < -0.4 is 15.8 Å². The molecule has 2 rings (SSSR count). The number of carbonyl (C=O) groups is 1. The number of rotatable bonds is 4. The number of amides is 1. The fourth-order valence-electron chi connectivity index (χ4n) is 1.76. The van der Waals surface area contributed by atoms with Crippen molar-refractivity contribution in [2.45, 2.75) is 13.0 Å². The number of benzene rings is 2. The monoisotopic (exact) mass is 299 g/mol. The maximum absolute atomic E-state index is 13.1. The highest BCUT2D eigenvalue weighted by molar-refractivity contribution is 5.94. The van der Waals surface area contributed by atoms with Gasteiger partial charge in [-0.1, -0.05) is 6.07 Å². The molecule has 0 aliphatic heterocycles. The molecule has 22 heavy (non-hydrogen) atoms. The first kappa shape index (κ1) is 15.3. The van der Waals surface area contributed by atoms with Crippen molar-refractivity contribution in [1.82, 2.24) is 0 Å². The van der Waals surface area contributed by atoms with Gasteiger partial charge in [-0.25, -0.2) is 4.39 Å². The van der Waals surface area contributed by atoms with Gasteiger partial charge >= 0.3 is 0 Å². The van der Waals surface area contributed by atoms with Crippen LogP contribution in [-0.2, 0) is 4.79 Å². The summed E-state index contributed by atoms with van der Waals surface area (Å²) < 4.78 is 18.5. The van der Waals surface area contributed by atoms with Gasteiger partial charge in [0.1, 0.15) is 11.6 Å². The number of nitrogens with two attached hydrogens (primary N) is 1. The molecule has 0 bridgehead atoms. The predicted octanol–water partition coefficient (Wildman–Crippen LogP) is 2.69. The highest BCUT2D eigenvalue weighted by Crippen LogP contribution is 2.18. The van der Waals surface area contributed by atoms with E-state index in [9.17, 15) is 9.18 Å². The van der Waals surface area contributed by atoms with Gasteiger partial charge in [-0.15, -0.1) is 0 Å². The van der Waals surface area contributed by atoms with Crippen LogP contribution in [0.15, 0.2) is 42.5 Å². The van der Waals surface area contributed by atoms with Crippen LogP contribution >= 0.6 is 0 Å². The average Bonchev–Trinajstić information content (AvgIpc) is 2.51. The molecule has 0 fully saturated rings. The van der Waals surface area contributed by atoms with Gasteiger partial charge in [0.05, 0.1) is 17.3 Å². The normalized spacial score (nSPS) is 11.3. The number of anilines is 2. The van der Waals surface area contributed by atoms with Crippen molar-refractivity contribution in [3.05, 3.63) is 53.8 Å². The summed E-state index contributed by atoms with van der Waals surface area (Å²) in [5, 5.41) is 11.4. The molecule has 3 N–H and O–H groups in total. The molecule has 0 heterocycles. The molecule has 1 unspecified atom stereocenters. The van der Waals surface area contributed by atoms with E-state index in [0.717, 1.165) is 0 Å². The number of nitrogen functional groups attached to an aromatic ring is 1. The molecule has 0 spiro atoms. The Bertz CT molecular complexity index is 740. The Balaban J connectivity index is 2.02. The lowest BCUT2D eigenvalue weighted by Crippen LogP contribution is -2.30. The third kappa shape index (κ3) is 3.73. The second kappa shape index (κ2) is 6.59. The minimum absolute atomic E-state index is 0.0481. The van der Waals surface area contributed by atoms with Crippen molar-refractivity contribution in [3.8, 4) is 11.8 Å². The van der Waals surface area contributed by atoms with Crippen molar-refractivity contribution >= 4 is 17.3 Å². The number of hydrogen-bond donors (Lipinski definition) is 2. The van der Waals surface area contributed by atoms with Crippen molar-refractivity contribution in [2.75, 3.05) is 11.1 Å². The molecular weight excluding hydrogens is 285 g/mol. The Morgan fingerprint density at radius 2 is 2.14 bits per heavy atom. The maximum Gasteiger partial charge on any atom is 0.265 e. The van der Waals surface area contributed by atoms with Gasteiger partial charge in [0, 0.05) is 5.69 Å². The van der Waals surface area contributed by atoms with Crippen molar-refractivity contribution in [2.24, 2.45) is 0 Å². The predicted molar refractivity (Wildman–Crippen MR) is 80.7 cm³/mol. The number of nitrogens with zero attached hydrogens (tertiary/aromatic N) is 1. The first-order chi connectivity index (χ1) is 10.5. The number of hydrogen-bond acceptors (Lipinski definition) is 4. The van der Waals surface area contributed by atoms with Crippen LogP contribution in [0.4, 0.5) is 15.8 Å². The SMILES string of the molecule is CC(Oc1cccc(C#N)c1)C(=O)Nc1ccc(F)c(N)c1. The zero-order chi connectivity index (χ0) is 16.1. The van der Waals surface area contributed by atoms with Gasteiger partial charge in [0.15, 0.2) is 6.10 Å². The third-order valence-corrected chi connectivity index (χ3v) is 2.91. The summed E-state index contributed by atoms with van der Waals surface area (Å²) in [5.74, 6) is -0.538. The van der Waals surface area contributed by atoms with E-state index in [1.165, 1.54) is 18.2 Å². The molecule has 6 heteroatoms. The summed E-state index contributed by atoms with van der Waals surface area (Å²) in [7, 11) is 0. The number of carbonyl (C=O) groups excluding carboxylic acids is 1. The molecule has 0 aromatic heterocycles. The van der Waals surface area contributed by atoms with E-state index < -0.39 is 17.8 Å². The van der Waals surface area contributed by atoms with Crippen LogP contribution in [0, 0.1) is 17.1 Å². The first-order valence-corrected chi connectivity index (χ1v) is 6.52. The first-order valence-electron chi connectivity index (χ1n) is 6.52. The molecule has 0 radical (unpaired) electrons. The largest absolute Gasteiger partial charge is 0.481 e. The van der Waals surface area contributed by atoms with E-state index in [1.54, 1.807) is 31.2 Å². The Hall–Kier alpha value is -3.07. The lowest BCUT2D eigenvalue weighted by molar-refractivity contribution is -0.122. The van der Waals surface area contributed by atoms with E-state index in [4.69, 9.17) is 15.7 Å². The Morgan fingerprint density at radius 1 is 1.36 bits per heavy atom. The standard InChI is InChI=1S/C16H14FN3O2/c1-10(22-13-4-2-3-11(7-13)9-18)16(21)20-12-5-6-14(17)15(19)8-12/h2-8,10H,19H2,1H3,(H,20,21). The molecular formula is C16H14FN3O2. The van der Waals surface area contributed by atoms with Crippen molar-refractivity contribution in [3.63, 3.8) is 0 Å². The van der Waals surface area contributed by atoms with Crippen LogP contribution in [0.1, 0.15) is 12.5 Å². The fourth-order valence-corrected chi connectivity index (χ4v) is 1.76. The molecule has 0 saturated carbocycles. The van der Waals surface area contributed by atoms with E-state index in [-0.39, 0.29) is 5.69 Å². The number of halogens is 1. The van der Waals surface area contributed by atoms with Gasteiger partial charge < -0.3 is 15.8 Å². The molecule has 2 aromatic carbocycles. The van der Waals surface area contributed by atoms with E-state index in [2.05, 4.69) is 5.32 Å². The van der Waals surface area contributed by atoms with E-state index >= 15 is 0 Å². The summed E-state index contributed by atoms with van der Waals surface area (Å²) in [5.41, 5.74) is 6.21. The Labute approximate surface area is 127 Å². The average molecular weight is 299 g/mol. The topological polar surface area (TPSA) is 88.1 Å². The number of nitrogens with one attached hydrogen (secondary N) is 1. The molecule has 0 aliphatic carbocycles. The summed E-state index contributed by atoms with van der Waals surface area (Å²) in [6.45, 7) is 1.57. The van der Waals surface area contributed by atoms with Crippen LogP contribution in [0.3, 0.4) is 0 Å². The maximum atomic E-state index is 13.1. The van der Waals surface area contributed by atoms with Gasteiger partial charge in [0.25, 0.3) is 5.91 Å². The third-order valence-electron chi connectivity index (χ3n) is 2.91. The molecule has 0 aliphatic rings. The molecule has 1 atom stereocenters. The molecule has 112 valence electrons. The smallest absolute Gasteiger partial charge is 0.265 e. The second-order valence-electron chi connectivity index (χ2n) is 4.63. The number of ether oxygens (including phenoxy) is 1. The molecule has 0 saturated heterocycles. The summed E-state index contributed by atoms with van der Waals surface area (Å²) in [6, 6.07) is 12.4. The van der Waals surface area contributed by atoms with Crippen molar-refractivity contribution < 1.29 is 13.9 Å². The Kier molecular flexibility index (Phi) is 4.59. The molecule has 1 amide bonds. The van der Waals surface area contributed by atoms with Crippen molar-refractivity contribution in [1.29, 1.82) is 5.26 Å². The van der Waals surface area contributed by atoms with Gasteiger partial charge in [-0.2, -0.15) is 5.26 Å². The van der Waals surface area contributed by atoms with Gasteiger partial charge in [-0.3, -0.25) is 4.79 Å². The molecule has 2 aromatic rings. The van der Waals surface area contributed by atoms with Crippen LogP contribution in [0.2, 0.25) is 0 Å². The highest BCUT2D eigenvalue weighted by atomic mass is 19.1. The minimum atomic E-state index is -0.791. The fraction of sp³-hybridized carbons (Fsp3) is 0.125. The second-order valence-corrected chi connectivity index (χ2v) is 4.63. The minimum Gasteiger partial charge on any atom is -0.481 e.